The summed E-state index contributed by atoms with van der Waals surface area (Å²) in [6, 6.07) is 9.87. The van der Waals surface area contributed by atoms with Crippen LogP contribution in [-0.2, 0) is 17.9 Å². The predicted octanol–water partition coefficient (Wildman–Crippen LogP) is 3.30. The zero-order chi connectivity index (χ0) is 15.5. The maximum atomic E-state index is 12.5. The van der Waals surface area contributed by atoms with E-state index in [0.29, 0.717) is 15.8 Å². The van der Waals surface area contributed by atoms with Crippen LogP contribution in [0.15, 0.2) is 47.6 Å². The lowest BCUT2D eigenvalue weighted by Crippen LogP contribution is -2.27. The molecule has 0 unspecified atom stereocenters. The Bertz CT molecular complexity index is 737. The lowest BCUT2D eigenvalue weighted by molar-refractivity contribution is -0.122. The van der Waals surface area contributed by atoms with Crippen molar-refractivity contribution in [3.63, 3.8) is 0 Å². The molecule has 0 bridgehead atoms. The highest BCUT2D eigenvalue weighted by atomic mass is 32.2. The van der Waals surface area contributed by atoms with Crippen LogP contribution in [-0.4, -0.2) is 24.9 Å². The highest BCUT2D eigenvalue weighted by Crippen LogP contribution is 2.33. The van der Waals surface area contributed by atoms with Gasteiger partial charge in [-0.3, -0.25) is 14.4 Å². The molecule has 1 fully saturated rings. The molecule has 2 heterocycles. The highest BCUT2D eigenvalue weighted by molar-refractivity contribution is 8.26. The van der Waals surface area contributed by atoms with Gasteiger partial charge in [0.05, 0.1) is 17.6 Å². The Balaban J connectivity index is 1.79. The minimum Gasteiger partial charge on any atom is -0.288 e. The van der Waals surface area contributed by atoms with Gasteiger partial charge in [-0.05, 0) is 18.6 Å². The van der Waals surface area contributed by atoms with E-state index in [-0.39, 0.29) is 5.91 Å². The molecule has 1 aliphatic rings. The van der Waals surface area contributed by atoms with E-state index in [0.717, 1.165) is 17.7 Å². The van der Waals surface area contributed by atoms with E-state index < -0.39 is 0 Å². The summed E-state index contributed by atoms with van der Waals surface area (Å²) in [6.07, 6.45) is 5.53. The molecule has 0 radical (unpaired) electrons. The minimum absolute atomic E-state index is 0.0388. The van der Waals surface area contributed by atoms with E-state index in [1.54, 1.807) is 11.1 Å². The summed E-state index contributed by atoms with van der Waals surface area (Å²) in [6.45, 7) is 3.34. The van der Waals surface area contributed by atoms with Gasteiger partial charge in [-0.25, -0.2) is 0 Å². The van der Waals surface area contributed by atoms with E-state index in [9.17, 15) is 4.79 Å². The molecule has 0 spiro atoms. The summed E-state index contributed by atoms with van der Waals surface area (Å²) >= 11 is 6.69. The number of thiocarbonyl (C=S) groups is 1. The van der Waals surface area contributed by atoms with Gasteiger partial charge in [0.1, 0.15) is 4.32 Å². The van der Waals surface area contributed by atoms with E-state index in [1.165, 1.54) is 11.8 Å². The molecule has 0 saturated carbocycles. The molecule has 1 aromatic heterocycles. The summed E-state index contributed by atoms with van der Waals surface area (Å²) in [4.78, 5) is 14.8. The number of thioether (sulfide) groups is 1. The van der Waals surface area contributed by atoms with Gasteiger partial charge >= 0.3 is 0 Å². The number of hydrogen-bond donors (Lipinski definition) is 0. The molecule has 1 aliphatic heterocycles. The Kier molecular flexibility index (Phi) is 4.40. The van der Waals surface area contributed by atoms with Gasteiger partial charge in [0.25, 0.3) is 5.91 Å². The second-order valence-corrected chi connectivity index (χ2v) is 6.56. The fourth-order valence-electron chi connectivity index (χ4n) is 2.18. The molecule has 0 aliphatic carbocycles. The van der Waals surface area contributed by atoms with Crippen LogP contribution in [0.3, 0.4) is 0 Å². The first-order valence-corrected chi connectivity index (χ1v) is 8.21. The fraction of sp³-hybridized carbons (Fsp3) is 0.188. The zero-order valence-corrected chi connectivity index (χ0v) is 13.7. The highest BCUT2D eigenvalue weighted by Gasteiger charge is 2.31. The van der Waals surface area contributed by atoms with Gasteiger partial charge < -0.3 is 0 Å². The molecule has 22 heavy (non-hydrogen) atoms. The first-order valence-electron chi connectivity index (χ1n) is 6.99. The normalized spacial score (nSPS) is 16.8. The number of aryl methyl sites for hydroxylation is 1. The number of aromatic nitrogens is 2. The monoisotopic (exact) mass is 329 g/mol. The van der Waals surface area contributed by atoms with Gasteiger partial charge in [-0.15, -0.1) is 0 Å². The van der Waals surface area contributed by atoms with Crippen molar-refractivity contribution in [2.24, 2.45) is 0 Å². The Hall–Kier alpha value is -1.92. The fourth-order valence-corrected chi connectivity index (χ4v) is 3.44. The predicted molar refractivity (Wildman–Crippen MR) is 93.1 cm³/mol. The number of hydrogen-bond acceptors (Lipinski definition) is 4. The topological polar surface area (TPSA) is 38.1 Å². The number of carbonyl (C=O) groups is 1. The van der Waals surface area contributed by atoms with Crippen LogP contribution in [0.1, 0.15) is 18.1 Å². The molecular formula is C16H15N3OS2. The molecule has 1 amide bonds. The first kappa shape index (κ1) is 15.0. The summed E-state index contributed by atoms with van der Waals surface area (Å²) in [5, 5.41) is 4.21. The Morgan fingerprint density at radius 1 is 1.32 bits per heavy atom. The van der Waals surface area contributed by atoms with Crippen molar-refractivity contribution in [1.29, 1.82) is 0 Å². The van der Waals surface area contributed by atoms with Gasteiger partial charge in [-0.2, -0.15) is 5.10 Å². The lowest BCUT2D eigenvalue weighted by Gasteiger charge is -2.14. The summed E-state index contributed by atoms with van der Waals surface area (Å²) in [5.41, 5.74) is 1.99. The van der Waals surface area contributed by atoms with Crippen LogP contribution in [0.2, 0.25) is 0 Å². The molecule has 0 atom stereocenters. The third kappa shape index (κ3) is 3.13. The SMILES string of the molecule is CCn1cc(C=C2SC(=S)N(Cc3ccccc3)C2=O)cn1. The molecular weight excluding hydrogens is 314 g/mol. The van der Waals surface area contributed by atoms with E-state index >= 15 is 0 Å². The second-order valence-electron chi connectivity index (χ2n) is 4.88. The van der Waals surface area contributed by atoms with E-state index in [4.69, 9.17) is 12.2 Å². The summed E-state index contributed by atoms with van der Waals surface area (Å²) in [7, 11) is 0. The number of nitrogens with zero attached hydrogens (tertiary/aromatic N) is 3. The van der Waals surface area contributed by atoms with Gasteiger partial charge in [0, 0.05) is 18.3 Å². The maximum Gasteiger partial charge on any atom is 0.266 e. The molecule has 1 saturated heterocycles. The third-order valence-electron chi connectivity index (χ3n) is 3.33. The average molecular weight is 329 g/mol. The van der Waals surface area contributed by atoms with E-state index in [1.807, 2.05) is 54.2 Å². The van der Waals surface area contributed by atoms with Crippen LogP contribution in [0.25, 0.3) is 6.08 Å². The van der Waals surface area contributed by atoms with Crippen LogP contribution in [0.4, 0.5) is 0 Å². The van der Waals surface area contributed by atoms with Crippen LogP contribution in [0, 0.1) is 0 Å². The minimum atomic E-state index is -0.0388. The molecule has 6 heteroatoms. The van der Waals surface area contributed by atoms with Crippen LogP contribution < -0.4 is 0 Å². The van der Waals surface area contributed by atoms with Crippen molar-refractivity contribution in [2.45, 2.75) is 20.0 Å². The standard InChI is InChI=1S/C16H15N3OS2/c1-2-18-10-13(9-17-18)8-14-15(20)19(16(21)22-14)11-12-6-4-3-5-7-12/h3-10H,2,11H2,1H3. The molecule has 2 aromatic rings. The average Bonchev–Trinajstić information content (AvgIpc) is 3.09. The van der Waals surface area contributed by atoms with Gasteiger partial charge in [-0.1, -0.05) is 54.3 Å². The number of amides is 1. The van der Waals surface area contributed by atoms with Crippen molar-refractivity contribution >= 4 is 40.3 Å². The van der Waals surface area contributed by atoms with Crippen molar-refractivity contribution in [2.75, 3.05) is 0 Å². The van der Waals surface area contributed by atoms with Gasteiger partial charge in [0.2, 0.25) is 0 Å². The molecule has 4 nitrogen and oxygen atoms in total. The lowest BCUT2D eigenvalue weighted by atomic mass is 10.2. The maximum absolute atomic E-state index is 12.5. The Morgan fingerprint density at radius 3 is 2.77 bits per heavy atom. The first-order chi connectivity index (χ1) is 10.7. The summed E-state index contributed by atoms with van der Waals surface area (Å²) in [5.74, 6) is -0.0388. The van der Waals surface area contributed by atoms with E-state index in [2.05, 4.69) is 5.10 Å². The smallest absolute Gasteiger partial charge is 0.266 e. The molecule has 112 valence electrons. The Labute approximate surface area is 138 Å². The van der Waals surface area contributed by atoms with Crippen LogP contribution in [0.5, 0.6) is 0 Å². The van der Waals surface area contributed by atoms with Crippen molar-refractivity contribution < 1.29 is 4.79 Å². The van der Waals surface area contributed by atoms with Crippen molar-refractivity contribution in [1.82, 2.24) is 14.7 Å². The van der Waals surface area contributed by atoms with Gasteiger partial charge in [0.15, 0.2) is 0 Å². The van der Waals surface area contributed by atoms with Crippen molar-refractivity contribution in [3.05, 3.63) is 58.8 Å². The summed E-state index contributed by atoms with van der Waals surface area (Å²) < 4.78 is 2.43. The quantitative estimate of drug-likeness (QED) is 0.637. The second kappa shape index (κ2) is 6.46. The number of benzene rings is 1. The van der Waals surface area contributed by atoms with Crippen molar-refractivity contribution in [3.8, 4) is 0 Å². The van der Waals surface area contributed by atoms with Crippen LogP contribution >= 0.6 is 24.0 Å². The molecule has 0 N–H and O–H groups in total. The Morgan fingerprint density at radius 2 is 2.09 bits per heavy atom. The third-order valence-corrected chi connectivity index (χ3v) is 4.71. The number of rotatable bonds is 4. The zero-order valence-electron chi connectivity index (χ0n) is 12.1. The number of carbonyl (C=O) groups excluding carboxylic acids is 1. The molecule has 3 rings (SSSR count). The molecule has 1 aromatic carbocycles. The largest absolute Gasteiger partial charge is 0.288 e.